The minimum atomic E-state index is -0.243. The van der Waals surface area contributed by atoms with Crippen LogP contribution in [0.3, 0.4) is 0 Å². The van der Waals surface area contributed by atoms with Crippen molar-refractivity contribution < 1.29 is 9.59 Å². The van der Waals surface area contributed by atoms with E-state index < -0.39 is 0 Å². The summed E-state index contributed by atoms with van der Waals surface area (Å²) in [5.41, 5.74) is 7.55. The van der Waals surface area contributed by atoms with Crippen LogP contribution in [0.2, 0.25) is 0 Å². The van der Waals surface area contributed by atoms with Crippen LogP contribution in [0.1, 0.15) is 33.3 Å². The van der Waals surface area contributed by atoms with Crippen molar-refractivity contribution >= 4 is 17.6 Å². The van der Waals surface area contributed by atoms with Crippen molar-refractivity contribution in [3.8, 4) is 0 Å². The van der Waals surface area contributed by atoms with Gasteiger partial charge in [-0.05, 0) is 12.5 Å². The normalized spacial score (nSPS) is 11.4. The molecule has 0 saturated heterocycles. The van der Waals surface area contributed by atoms with E-state index in [-0.39, 0.29) is 12.3 Å². The monoisotopic (exact) mass is 235 g/mol. The number of rotatable bonds is 5. The van der Waals surface area contributed by atoms with Crippen molar-refractivity contribution in [2.24, 2.45) is 5.73 Å². The van der Waals surface area contributed by atoms with Crippen LogP contribution in [0.15, 0.2) is 12.4 Å². The second kappa shape index (κ2) is 5.45. The molecule has 3 N–H and O–H groups in total. The molecular weight excluding hydrogens is 218 g/mol. The van der Waals surface area contributed by atoms with E-state index in [0.717, 1.165) is 5.57 Å². The third-order valence-electron chi connectivity index (χ3n) is 2.37. The summed E-state index contributed by atoms with van der Waals surface area (Å²) in [4.78, 5) is 27.4. The number of H-pyrrole nitrogens is 1. The highest BCUT2D eigenvalue weighted by Crippen LogP contribution is 2.20. The Morgan fingerprint density at radius 3 is 2.65 bits per heavy atom. The van der Waals surface area contributed by atoms with Gasteiger partial charge in [0.15, 0.2) is 12.1 Å². The lowest BCUT2D eigenvalue weighted by Crippen LogP contribution is -2.14. The molecule has 0 aliphatic heterocycles. The summed E-state index contributed by atoms with van der Waals surface area (Å²) in [6.45, 7) is 1.77. The Kier molecular flexibility index (Phi) is 4.23. The number of Topliss-reactive ketones (excluding diaryl/α,β-unsaturated/α-hetero) is 1. The number of hydrogen-bond donors (Lipinski definition) is 2. The van der Waals surface area contributed by atoms with Crippen LogP contribution in [-0.4, -0.2) is 42.6 Å². The molecule has 17 heavy (non-hydrogen) atoms. The molecule has 0 unspecified atom stereocenters. The molecule has 0 bridgehead atoms. The van der Waals surface area contributed by atoms with Crippen LogP contribution in [0.25, 0.3) is 5.57 Å². The number of hydrogen-bond acceptors (Lipinski definition) is 4. The van der Waals surface area contributed by atoms with E-state index in [1.54, 1.807) is 0 Å². The molecule has 1 aromatic heterocycles. The summed E-state index contributed by atoms with van der Waals surface area (Å²) in [7, 11) is 3.78. The summed E-state index contributed by atoms with van der Waals surface area (Å²) in [6.07, 6.45) is 4.08. The average Bonchev–Trinajstić information content (AvgIpc) is 2.70. The highest BCUT2D eigenvalue weighted by atomic mass is 16.1. The largest absolute Gasteiger partial charge is 0.383 e. The predicted molar refractivity (Wildman–Crippen MR) is 66.9 cm³/mol. The third-order valence-corrected chi connectivity index (χ3v) is 2.37. The molecule has 0 spiro atoms. The van der Waals surface area contributed by atoms with Crippen LogP contribution in [0.4, 0.5) is 0 Å². The number of carbonyl (C=O) groups excluding carboxylic acids is 2. The number of nitrogens with two attached hydrogens (primary N) is 1. The molecule has 1 heterocycles. The van der Waals surface area contributed by atoms with Gasteiger partial charge in [-0.15, -0.1) is 0 Å². The Morgan fingerprint density at radius 1 is 1.53 bits per heavy atom. The number of aromatic amines is 1. The van der Waals surface area contributed by atoms with Crippen molar-refractivity contribution in [2.75, 3.05) is 20.6 Å². The number of carbonyl (C=O) groups is 2. The predicted octanol–water partition coefficient (Wildman–Crippen LogP) is 0.891. The fourth-order valence-corrected chi connectivity index (χ4v) is 1.68. The van der Waals surface area contributed by atoms with Crippen LogP contribution in [-0.2, 0) is 0 Å². The first-order chi connectivity index (χ1) is 8.01. The Balaban J connectivity index is 3.23. The third kappa shape index (κ3) is 2.82. The van der Waals surface area contributed by atoms with Gasteiger partial charge in [-0.3, -0.25) is 9.59 Å². The smallest absolute Gasteiger partial charge is 0.178 e. The van der Waals surface area contributed by atoms with Gasteiger partial charge in [0.05, 0.1) is 17.8 Å². The summed E-state index contributed by atoms with van der Waals surface area (Å²) < 4.78 is 0. The average molecular weight is 235 g/mol. The van der Waals surface area contributed by atoms with Gasteiger partial charge < -0.3 is 15.6 Å². The van der Waals surface area contributed by atoms with Gasteiger partial charge in [-0.2, -0.15) is 0 Å². The molecule has 1 rings (SSSR count). The second-order valence-electron chi connectivity index (χ2n) is 4.01. The molecule has 0 aromatic carbocycles. The topological polar surface area (TPSA) is 79.2 Å². The fourth-order valence-electron chi connectivity index (χ4n) is 1.68. The van der Waals surface area contributed by atoms with Gasteiger partial charge in [0.2, 0.25) is 0 Å². The maximum atomic E-state index is 11.5. The minimum absolute atomic E-state index is 0.103. The van der Waals surface area contributed by atoms with Gasteiger partial charge in [0.25, 0.3) is 0 Å². The molecule has 0 amide bonds. The van der Waals surface area contributed by atoms with Gasteiger partial charge >= 0.3 is 0 Å². The number of ketones is 1. The maximum absolute atomic E-state index is 11.5. The maximum Gasteiger partial charge on any atom is 0.178 e. The zero-order valence-electron chi connectivity index (χ0n) is 10.3. The Labute approximate surface area is 100 Å². The fraction of sp³-hybridized carbons (Fsp3) is 0.333. The number of nitrogens with one attached hydrogen (secondary N) is 1. The molecule has 5 heteroatoms. The van der Waals surface area contributed by atoms with Crippen molar-refractivity contribution in [1.29, 1.82) is 0 Å². The van der Waals surface area contributed by atoms with Gasteiger partial charge in [0.1, 0.15) is 0 Å². The summed E-state index contributed by atoms with van der Waals surface area (Å²) >= 11 is 0. The van der Waals surface area contributed by atoms with E-state index in [1.807, 2.05) is 32.1 Å². The summed E-state index contributed by atoms with van der Waals surface area (Å²) in [5, 5.41) is 0. The molecule has 0 fully saturated rings. The number of allylic oxidation sites excluding steroid dienone is 1. The molecular formula is C12H17N3O2. The summed E-state index contributed by atoms with van der Waals surface area (Å²) in [5.74, 6) is -0.243. The molecule has 92 valence electrons. The first-order valence-electron chi connectivity index (χ1n) is 5.26. The van der Waals surface area contributed by atoms with Crippen molar-refractivity contribution in [3.05, 3.63) is 29.2 Å². The highest BCUT2D eigenvalue weighted by Gasteiger charge is 2.16. The molecule has 0 aliphatic carbocycles. The molecule has 0 radical (unpaired) electrons. The first kappa shape index (κ1) is 13.2. The zero-order chi connectivity index (χ0) is 13.0. The van der Waals surface area contributed by atoms with E-state index in [1.165, 1.54) is 6.20 Å². The van der Waals surface area contributed by atoms with Gasteiger partial charge in [0, 0.05) is 32.1 Å². The molecule has 0 saturated carbocycles. The number of aldehydes is 1. The van der Waals surface area contributed by atoms with E-state index >= 15 is 0 Å². The quantitative estimate of drug-likeness (QED) is 0.587. The Morgan fingerprint density at radius 2 is 2.18 bits per heavy atom. The number of aromatic nitrogens is 1. The van der Waals surface area contributed by atoms with Gasteiger partial charge in [-0.25, -0.2) is 0 Å². The zero-order valence-corrected chi connectivity index (χ0v) is 10.3. The minimum Gasteiger partial charge on any atom is -0.383 e. The molecule has 0 aliphatic rings. The Bertz CT molecular complexity index is 458. The van der Waals surface area contributed by atoms with Crippen molar-refractivity contribution in [1.82, 2.24) is 9.88 Å². The lowest BCUT2D eigenvalue weighted by molar-refractivity contribution is 0.0994. The molecule has 1 aromatic rings. The summed E-state index contributed by atoms with van der Waals surface area (Å²) in [6, 6.07) is 0. The highest BCUT2D eigenvalue weighted by molar-refractivity contribution is 6.05. The second-order valence-corrected chi connectivity index (χ2v) is 4.01. The van der Waals surface area contributed by atoms with E-state index in [2.05, 4.69) is 4.98 Å². The molecule has 5 nitrogen and oxygen atoms in total. The van der Waals surface area contributed by atoms with Crippen LogP contribution < -0.4 is 5.73 Å². The van der Waals surface area contributed by atoms with Crippen LogP contribution >= 0.6 is 0 Å². The van der Waals surface area contributed by atoms with Crippen molar-refractivity contribution in [3.63, 3.8) is 0 Å². The van der Waals surface area contributed by atoms with Crippen LogP contribution in [0.5, 0.6) is 0 Å². The lowest BCUT2D eigenvalue weighted by Gasteiger charge is -2.07. The first-order valence-corrected chi connectivity index (χ1v) is 5.26. The van der Waals surface area contributed by atoms with Gasteiger partial charge in [-0.1, -0.05) is 0 Å². The SMILES string of the molecule is C/C(=C/N(C)C)c1[nH]cc(C(=O)CN)c1C=O. The lowest BCUT2D eigenvalue weighted by atomic mass is 10.1. The van der Waals surface area contributed by atoms with E-state index in [9.17, 15) is 9.59 Å². The van der Waals surface area contributed by atoms with Crippen LogP contribution in [0, 0.1) is 0 Å². The van der Waals surface area contributed by atoms with E-state index in [0.29, 0.717) is 23.1 Å². The molecule has 0 atom stereocenters. The Hall–Kier alpha value is -1.88. The number of nitrogens with zero attached hydrogens (tertiary/aromatic N) is 1. The van der Waals surface area contributed by atoms with E-state index in [4.69, 9.17) is 5.73 Å². The standard InChI is InChI=1S/C12H17N3O2/c1-8(6-15(2)3)12-10(7-16)9(5-14-12)11(17)4-13/h5-7,14H,4,13H2,1-3H3/b8-6-. The van der Waals surface area contributed by atoms with Crippen molar-refractivity contribution in [2.45, 2.75) is 6.92 Å².